The molecule has 174 valence electrons. The lowest BCUT2D eigenvalue weighted by Gasteiger charge is -2.49. The molecule has 0 spiro atoms. The van der Waals surface area contributed by atoms with Gasteiger partial charge in [-0.3, -0.25) is 9.69 Å². The summed E-state index contributed by atoms with van der Waals surface area (Å²) in [6.45, 7) is 2.22. The maximum Gasteiger partial charge on any atom is 0.407 e. The molecule has 5 N–H and O–H groups in total. The van der Waals surface area contributed by atoms with Gasteiger partial charge in [-0.2, -0.15) is 0 Å². The van der Waals surface area contributed by atoms with Crippen LogP contribution in [0, 0.1) is 0 Å². The lowest BCUT2D eigenvalue weighted by atomic mass is 10.0. The predicted octanol–water partition coefficient (Wildman–Crippen LogP) is 0.341. The molecular formula is C19H29N3O8S. The van der Waals surface area contributed by atoms with E-state index < -0.39 is 36.7 Å². The van der Waals surface area contributed by atoms with Gasteiger partial charge in [0.15, 0.2) is 0 Å². The molecule has 0 aromatic rings. The van der Waals surface area contributed by atoms with Crippen molar-refractivity contribution in [1.29, 1.82) is 0 Å². The highest BCUT2D eigenvalue weighted by Crippen LogP contribution is 2.40. The van der Waals surface area contributed by atoms with Crippen molar-refractivity contribution in [2.45, 2.75) is 56.5 Å². The first-order valence-corrected chi connectivity index (χ1v) is 11.3. The van der Waals surface area contributed by atoms with Crippen LogP contribution in [0.25, 0.3) is 0 Å². The summed E-state index contributed by atoms with van der Waals surface area (Å²) in [4.78, 5) is 48.0. The summed E-state index contributed by atoms with van der Waals surface area (Å²) in [6.07, 6.45) is 2.10. The summed E-state index contributed by atoms with van der Waals surface area (Å²) < 4.78 is 4.92. The van der Waals surface area contributed by atoms with E-state index in [9.17, 15) is 34.5 Å². The number of nitrogens with zero attached hydrogens (tertiary/aromatic N) is 1. The van der Waals surface area contributed by atoms with Crippen molar-refractivity contribution in [1.82, 2.24) is 15.5 Å². The van der Waals surface area contributed by atoms with Crippen molar-refractivity contribution in [2.24, 2.45) is 0 Å². The number of thioether (sulfide) groups is 1. The number of alkyl carbamates (subject to hydrolysis) is 1. The molecule has 2 heterocycles. The van der Waals surface area contributed by atoms with E-state index in [2.05, 4.69) is 10.6 Å². The Morgan fingerprint density at radius 1 is 1.26 bits per heavy atom. The van der Waals surface area contributed by atoms with Crippen molar-refractivity contribution in [3.8, 4) is 0 Å². The number of nitrogens with one attached hydrogen (secondary N) is 2. The van der Waals surface area contributed by atoms with Gasteiger partial charge in [0.25, 0.3) is 0 Å². The molecule has 0 aromatic carbocycles. The Labute approximate surface area is 184 Å². The molecule has 2 amide bonds. The van der Waals surface area contributed by atoms with E-state index in [1.807, 2.05) is 6.92 Å². The zero-order valence-corrected chi connectivity index (χ0v) is 18.2. The normalized spacial score (nSPS) is 21.2. The third-order valence-corrected chi connectivity index (χ3v) is 6.39. The molecule has 2 rings (SSSR count). The molecule has 1 fully saturated rings. The van der Waals surface area contributed by atoms with Gasteiger partial charge in [0.05, 0.1) is 13.2 Å². The fraction of sp³-hybridized carbons (Fsp3) is 0.684. The minimum atomic E-state index is -1.23. The smallest absolute Gasteiger partial charge is 0.407 e. The van der Waals surface area contributed by atoms with Crippen molar-refractivity contribution in [3.63, 3.8) is 0 Å². The molecule has 3 atom stereocenters. The molecule has 0 saturated carbocycles. The van der Waals surface area contributed by atoms with E-state index in [4.69, 9.17) is 4.74 Å². The fourth-order valence-corrected chi connectivity index (χ4v) is 4.70. The van der Waals surface area contributed by atoms with Crippen molar-refractivity contribution >= 4 is 35.7 Å². The lowest BCUT2D eigenvalue weighted by Crippen LogP contribution is -2.70. The molecule has 1 unspecified atom stereocenters. The van der Waals surface area contributed by atoms with Crippen LogP contribution in [0.4, 0.5) is 4.79 Å². The van der Waals surface area contributed by atoms with E-state index in [1.165, 1.54) is 16.7 Å². The van der Waals surface area contributed by atoms with Gasteiger partial charge >= 0.3 is 18.0 Å². The van der Waals surface area contributed by atoms with Gasteiger partial charge in [0.2, 0.25) is 5.91 Å². The third kappa shape index (κ3) is 6.34. The molecule has 31 heavy (non-hydrogen) atoms. The molecule has 0 aromatic heterocycles. The maximum absolute atomic E-state index is 12.4. The number of aliphatic carboxylic acids is 2. The van der Waals surface area contributed by atoms with E-state index in [0.29, 0.717) is 37.1 Å². The van der Waals surface area contributed by atoms with Crippen LogP contribution < -0.4 is 10.6 Å². The highest BCUT2D eigenvalue weighted by molar-refractivity contribution is 8.00. The average Bonchev–Trinajstić information content (AvgIpc) is 2.73. The summed E-state index contributed by atoms with van der Waals surface area (Å²) in [5.41, 5.74) is 0.177. The van der Waals surface area contributed by atoms with Crippen LogP contribution in [-0.4, -0.2) is 87.1 Å². The molecule has 0 bridgehead atoms. The Balaban J connectivity index is 1.74. The second-order valence-electron chi connectivity index (χ2n) is 7.28. The van der Waals surface area contributed by atoms with Crippen LogP contribution in [0.5, 0.6) is 0 Å². The standard InChI is InChI=1S/C19H29N3O8S/c1-2-3-8-30-19(29)21-12(17(25)26)6-4-5-7-20-13-15(24)22-14(18(27)28)11(9-23)10-31-16(13)22/h12-13,16,20,23H,2-10H2,1H3,(H,21,29)(H,25,26)(H,27,28)/t12?,13-,16-/m1/s1. The molecule has 12 heteroatoms. The molecule has 2 aliphatic heterocycles. The number of ether oxygens (including phenoxy) is 1. The van der Waals surface area contributed by atoms with E-state index in [-0.39, 0.29) is 30.0 Å². The fourth-order valence-electron chi connectivity index (χ4n) is 3.34. The molecule has 2 aliphatic rings. The first kappa shape index (κ1) is 25.0. The number of carboxylic acids is 2. The predicted molar refractivity (Wildman–Crippen MR) is 111 cm³/mol. The van der Waals surface area contributed by atoms with Gasteiger partial charge in [-0.25, -0.2) is 14.4 Å². The van der Waals surface area contributed by atoms with Crippen LogP contribution in [0.1, 0.15) is 39.0 Å². The molecular weight excluding hydrogens is 430 g/mol. The van der Waals surface area contributed by atoms with Crippen LogP contribution in [0.3, 0.4) is 0 Å². The number of carbonyl (C=O) groups is 4. The monoisotopic (exact) mass is 459 g/mol. The number of carboxylic acid groups (broad SMARTS) is 2. The molecule has 0 radical (unpaired) electrons. The Morgan fingerprint density at radius 3 is 2.61 bits per heavy atom. The number of aliphatic hydroxyl groups excluding tert-OH is 1. The number of fused-ring (bicyclic) bond motifs is 1. The number of amides is 2. The highest BCUT2D eigenvalue weighted by Gasteiger charge is 2.53. The van der Waals surface area contributed by atoms with Gasteiger partial charge in [-0.1, -0.05) is 13.3 Å². The van der Waals surface area contributed by atoms with Crippen molar-refractivity contribution in [3.05, 3.63) is 11.3 Å². The van der Waals surface area contributed by atoms with Crippen LogP contribution in [-0.2, 0) is 19.1 Å². The third-order valence-electron chi connectivity index (χ3n) is 5.05. The number of rotatable bonds is 13. The summed E-state index contributed by atoms with van der Waals surface area (Å²) in [5, 5.41) is 33.0. The zero-order chi connectivity index (χ0) is 23.0. The number of hydrogen-bond donors (Lipinski definition) is 5. The van der Waals surface area contributed by atoms with Gasteiger partial charge < -0.3 is 30.7 Å². The Kier molecular flexibility index (Phi) is 9.59. The van der Waals surface area contributed by atoms with Gasteiger partial charge in [-0.05, 0) is 37.8 Å². The van der Waals surface area contributed by atoms with Gasteiger partial charge in [0.1, 0.15) is 23.2 Å². The SMILES string of the molecule is CCCCOC(=O)NC(CCCCN[C@@H]1C(=O)N2C(C(=O)O)=C(CO)CS[C@H]12)C(=O)O. The summed E-state index contributed by atoms with van der Waals surface area (Å²) in [5.74, 6) is -2.40. The number of unbranched alkanes of at least 4 members (excludes halogenated alkanes) is 2. The molecule has 11 nitrogen and oxygen atoms in total. The second kappa shape index (κ2) is 11.9. The first-order valence-electron chi connectivity index (χ1n) is 10.2. The quantitative estimate of drug-likeness (QED) is 0.191. The number of carbonyl (C=O) groups excluding carboxylic acids is 2. The largest absolute Gasteiger partial charge is 0.480 e. The second-order valence-corrected chi connectivity index (χ2v) is 8.38. The molecule has 1 saturated heterocycles. The lowest BCUT2D eigenvalue weighted by molar-refractivity contribution is -0.149. The maximum atomic E-state index is 12.4. The highest BCUT2D eigenvalue weighted by atomic mass is 32.2. The Morgan fingerprint density at radius 2 is 2.00 bits per heavy atom. The number of β-lactam (4-membered cyclic amide) rings is 1. The van der Waals surface area contributed by atoms with E-state index >= 15 is 0 Å². The van der Waals surface area contributed by atoms with Crippen LogP contribution in [0.15, 0.2) is 11.3 Å². The first-order chi connectivity index (χ1) is 14.8. The number of aliphatic hydroxyl groups is 1. The summed E-state index contributed by atoms with van der Waals surface area (Å²) >= 11 is 1.39. The Hall–Kier alpha value is -2.31. The summed E-state index contributed by atoms with van der Waals surface area (Å²) in [6, 6.07) is -1.58. The molecule has 0 aliphatic carbocycles. The van der Waals surface area contributed by atoms with Gasteiger partial charge in [-0.15, -0.1) is 11.8 Å². The van der Waals surface area contributed by atoms with E-state index in [1.54, 1.807) is 0 Å². The zero-order valence-electron chi connectivity index (χ0n) is 17.3. The summed E-state index contributed by atoms with van der Waals surface area (Å²) in [7, 11) is 0. The van der Waals surface area contributed by atoms with Crippen LogP contribution in [0.2, 0.25) is 0 Å². The Bertz CT molecular complexity index is 729. The van der Waals surface area contributed by atoms with Gasteiger partial charge in [0, 0.05) is 5.75 Å². The van der Waals surface area contributed by atoms with Crippen molar-refractivity contribution in [2.75, 3.05) is 25.5 Å². The van der Waals surface area contributed by atoms with Crippen molar-refractivity contribution < 1.29 is 39.2 Å². The van der Waals surface area contributed by atoms with E-state index in [0.717, 1.165) is 6.42 Å². The minimum absolute atomic E-state index is 0.143. The topological polar surface area (TPSA) is 166 Å². The average molecular weight is 460 g/mol. The number of hydrogen-bond acceptors (Lipinski definition) is 8. The van der Waals surface area contributed by atoms with Crippen LogP contribution >= 0.6 is 11.8 Å². The minimum Gasteiger partial charge on any atom is -0.480 e.